The molecule has 1 saturated heterocycles. The zero-order valence-corrected chi connectivity index (χ0v) is 11.6. The second-order valence-corrected chi connectivity index (χ2v) is 6.28. The van der Waals surface area contributed by atoms with Gasteiger partial charge in [-0.05, 0) is 48.2 Å². The average molecular weight is 302 g/mol. The number of rotatable bonds is 4. The summed E-state index contributed by atoms with van der Waals surface area (Å²) >= 11 is 5.19. The number of hydrogen-bond donors (Lipinski definition) is 1. The van der Waals surface area contributed by atoms with Crippen LogP contribution in [0.15, 0.2) is 9.98 Å². The molecule has 1 aromatic rings. The molecule has 2 aliphatic rings. The SMILES string of the molecule is Brc1csc(N(CC2CCCN2)C2CC2)n1. The maximum absolute atomic E-state index is 4.55. The molecule has 1 saturated carbocycles. The van der Waals surface area contributed by atoms with E-state index in [1.807, 2.05) is 0 Å². The van der Waals surface area contributed by atoms with Gasteiger partial charge in [0.25, 0.3) is 0 Å². The maximum Gasteiger partial charge on any atom is 0.186 e. The van der Waals surface area contributed by atoms with Crippen molar-refractivity contribution in [3.05, 3.63) is 9.98 Å². The molecule has 0 aromatic carbocycles. The van der Waals surface area contributed by atoms with Crippen molar-refractivity contribution in [3.8, 4) is 0 Å². The van der Waals surface area contributed by atoms with E-state index in [1.54, 1.807) is 11.3 Å². The average Bonchev–Trinajstić information content (AvgIpc) is 2.81. The molecule has 1 atom stereocenters. The molecule has 88 valence electrons. The third-order valence-electron chi connectivity index (χ3n) is 3.28. The zero-order valence-electron chi connectivity index (χ0n) is 9.16. The summed E-state index contributed by atoms with van der Waals surface area (Å²) in [5, 5.41) is 6.83. The van der Waals surface area contributed by atoms with Gasteiger partial charge in [-0.2, -0.15) is 0 Å². The van der Waals surface area contributed by atoms with E-state index in [4.69, 9.17) is 0 Å². The van der Waals surface area contributed by atoms with Crippen LogP contribution in [0.4, 0.5) is 5.13 Å². The van der Waals surface area contributed by atoms with Gasteiger partial charge in [0, 0.05) is 24.0 Å². The van der Waals surface area contributed by atoms with Crippen molar-refractivity contribution < 1.29 is 0 Å². The monoisotopic (exact) mass is 301 g/mol. The third kappa shape index (κ3) is 2.41. The Morgan fingerprint density at radius 3 is 2.94 bits per heavy atom. The number of nitrogens with one attached hydrogen (secondary N) is 1. The lowest BCUT2D eigenvalue weighted by Gasteiger charge is -2.25. The van der Waals surface area contributed by atoms with Gasteiger partial charge in [0.05, 0.1) is 0 Å². The number of thiazole rings is 1. The lowest BCUT2D eigenvalue weighted by molar-refractivity contribution is 0.578. The summed E-state index contributed by atoms with van der Waals surface area (Å²) in [6.45, 7) is 2.31. The van der Waals surface area contributed by atoms with E-state index in [-0.39, 0.29) is 0 Å². The van der Waals surface area contributed by atoms with Crippen LogP contribution >= 0.6 is 27.3 Å². The molecule has 3 nitrogen and oxygen atoms in total. The Morgan fingerprint density at radius 2 is 2.38 bits per heavy atom. The summed E-state index contributed by atoms with van der Waals surface area (Å²) in [7, 11) is 0. The Bertz CT molecular complexity index is 358. The van der Waals surface area contributed by atoms with Crippen LogP contribution in [0.25, 0.3) is 0 Å². The van der Waals surface area contributed by atoms with Gasteiger partial charge >= 0.3 is 0 Å². The fourth-order valence-electron chi connectivity index (χ4n) is 2.30. The second-order valence-electron chi connectivity index (χ2n) is 4.63. The molecular weight excluding hydrogens is 286 g/mol. The minimum atomic E-state index is 0.670. The molecule has 0 spiro atoms. The smallest absolute Gasteiger partial charge is 0.186 e. The van der Waals surface area contributed by atoms with Crippen molar-refractivity contribution in [3.63, 3.8) is 0 Å². The Morgan fingerprint density at radius 1 is 1.50 bits per heavy atom. The van der Waals surface area contributed by atoms with E-state index < -0.39 is 0 Å². The Kier molecular flexibility index (Phi) is 3.18. The largest absolute Gasteiger partial charge is 0.344 e. The molecule has 2 fully saturated rings. The van der Waals surface area contributed by atoms with Gasteiger partial charge in [-0.15, -0.1) is 11.3 Å². The van der Waals surface area contributed by atoms with E-state index in [9.17, 15) is 0 Å². The van der Waals surface area contributed by atoms with Crippen LogP contribution in [0.3, 0.4) is 0 Å². The van der Waals surface area contributed by atoms with Crippen LogP contribution in [-0.4, -0.2) is 30.2 Å². The molecule has 0 radical (unpaired) electrons. The fourth-order valence-corrected chi connectivity index (χ4v) is 3.63. The van der Waals surface area contributed by atoms with Crippen LogP contribution in [-0.2, 0) is 0 Å². The van der Waals surface area contributed by atoms with Crippen LogP contribution in [0.2, 0.25) is 0 Å². The van der Waals surface area contributed by atoms with Crippen LogP contribution in [0.1, 0.15) is 25.7 Å². The van der Waals surface area contributed by atoms with Crippen molar-refractivity contribution >= 4 is 32.4 Å². The molecule has 5 heteroatoms. The molecule has 0 bridgehead atoms. The number of nitrogens with zero attached hydrogens (tertiary/aromatic N) is 2. The highest BCUT2D eigenvalue weighted by atomic mass is 79.9. The highest BCUT2D eigenvalue weighted by Crippen LogP contribution is 2.34. The van der Waals surface area contributed by atoms with Crippen molar-refractivity contribution in [2.75, 3.05) is 18.0 Å². The van der Waals surface area contributed by atoms with Gasteiger partial charge in [-0.1, -0.05) is 0 Å². The lowest BCUT2D eigenvalue weighted by atomic mass is 10.2. The summed E-state index contributed by atoms with van der Waals surface area (Å²) in [6.07, 6.45) is 5.31. The van der Waals surface area contributed by atoms with Gasteiger partial charge < -0.3 is 10.2 Å². The maximum atomic E-state index is 4.55. The summed E-state index contributed by atoms with van der Waals surface area (Å²) in [6, 6.07) is 1.42. The predicted octanol–water partition coefficient (Wildman–Crippen LogP) is 2.63. The summed E-state index contributed by atoms with van der Waals surface area (Å²) < 4.78 is 0.970. The van der Waals surface area contributed by atoms with Crippen LogP contribution in [0.5, 0.6) is 0 Å². The zero-order chi connectivity index (χ0) is 11.0. The van der Waals surface area contributed by atoms with Gasteiger partial charge in [-0.3, -0.25) is 0 Å². The van der Waals surface area contributed by atoms with Crippen molar-refractivity contribution in [1.29, 1.82) is 0 Å². The summed E-state index contributed by atoms with van der Waals surface area (Å²) in [4.78, 5) is 7.05. The van der Waals surface area contributed by atoms with Crippen molar-refractivity contribution in [1.82, 2.24) is 10.3 Å². The minimum absolute atomic E-state index is 0.670. The van der Waals surface area contributed by atoms with Crippen molar-refractivity contribution in [2.45, 2.75) is 37.8 Å². The number of aromatic nitrogens is 1. The van der Waals surface area contributed by atoms with Crippen LogP contribution in [0, 0.1) is 0 Å². The van der Waals surface area contributed by atoms with E-state index in [0.29, 0.717) is 6.04 Å². The van der Waals surface area contributed by atoms with Gasteiger partial charge in [-0.25, -0.2) is 4.98 Å². The first kappa shape index (κ1) is 11.0. The predicted molar refractivity (Wildman–Crippen MR) is 71.2 cm³/mol. The molecule has 3 rings (SSSR count). The van der Waals surface area contributed by atoms with Gasteiger partial charge in [0.1, 0.15) is 4.60 Å². The number of anilines is 1. The Labute approximate surface area is 108 Å². The lowest BCUT2D eigenvalue weighted by Crippen LogP contribution is -2.38. The van der Waals surface area contributed by atoms with E-state index >= 15 is 0 Å². The first-order chi connectivity index (χ1) is 7.83. The first-order valence-electron chi connectivity index (χ1n) is 5.94. The molecule has 2 heterocycles. The topological polar surface area (TPSA) is 28.2 Å². The highest BCUT2D eigenvalue weighted by Gasteiger charge is 2.32. The Hall–Kier alpha value is -0.130. The van der Waals surface area contributed by atoms with Crippen molar-refractivity contribution in [2.24, 2.45) is 0 Å². The molecule has 16 heavy (non-hydrogen) atoms. The summed E-state index contributed by atoms with van der Waals surface area (Å²) in [5.41, 5.74) is 0. The fraction of sp³-hybridized carbons (Fsp3) is 0.727. The van der Waals surface area contributed by atoms with Gasteiger partial charge in [0.15, 0.2) is 5.13 Å². The quantitative estimate of drug-likeness (QED) is 0.927. The third-order valence-corrected chi connectivity index (χ3v) is 4.86. The molecule has 1 aromatic heterocycles. The van der Waals surface area contributed by atoms with E-state index in [1.165, 1.54) is 37.4 Å². The second kappa shape index (κ2) is 4.63. The van der Waals surface area contributed by atoms with E-state index in [0.717, 1.165) is 17.2 Å². The molecule has 1 unspecified atom stereocenters. The normalized spacial score (nSPS) is 24.9. The number of hydrogen-bond acceptors (Lipinski definition) is 4. The molecule has 1 aliphatic carbocycles. The standard InChI is InChI=1S/C11H16BrN3S/c12-10-7-16-11(14-10)15(9-3-4-9)6-8-2-1-5-13-8/h7-9,13H,1-6H2. The van der Waals surface area contributed by atoms with Crippen LogP contribution < -0.4 is 10.2 Å². The first-order valence-corrected chi connectivity index (χ1v) is 7.61. The van der Waals surface area contributed by atoms with E-state index in [2.05, 4.69) is 36.5 Å². The number of halogens is 1. The summed E-state index contributed by atoms with van der Waals surface area (Å²) in [5.74, 6) is 0. The van der Waals surface area contributed by atoms with Gasteiger partial charge in [0.2, 0.25) is 0 Å². The minimum Gasteiger partial charge on any atom is -0.344 e. The molecule has 0 amide bonds. The Balaban J connectivity index is 1.70. The highest BCUT2D eigenvalue weighted by molar-refractivity contribution is 9.10. The molecule has 1 aliphatic heterocycles. The molecule has 1 N–H and O–H groups in total. The molecular formula is C11H16BrN3S.